The molecule has 1 fully saturated rings. The van der Waals surface area contributed by atoms with Crippen LogP contribution in [0.25, 0.3) is 0 Å². The molecule has 1 atom stereocenters. The lowest BCUT2D eigenvalue weighted by atomic mass is 9.95. The first-order valence-corrected chi connectivity index (χ1v) is 8.17. The highest BCUT2D eigenvalue weighted by atomic mass is 16.2. The van der Waals surface area contributed by atoms with E-state index in [9.17, 15) is 4.79 Å². The first-order valence-electron chi connectivity index (χ1n) is 8.17. The Kier molecular flexibility index (Phi) is 4.33. The summed E-state index contributed by atoms with van der Waals surface area (Å²) < 4.78 is 0. The van der Waals surface area contributed by atoms with Crippen molar-refractivity contribution in [3.05, 3.63) is 59.3 Å². The number of hydrogen-bond acceptors (Lipinski definition) is 3. The van der Waals surface area contributed by atoms with Gasteiger partial charge in [-0.1, -0.05) is 44.2 Å². The van der Waals surface area contributed by atoms with Crippen molar-refractivity contribution >= 4 is 11.7 Å². The van der Waals surface area contributed by atoms with Crippen LogP contribution in [0.1, 0.15) is 55.3 Å². The summed E-state index contributed by atoms with van der Waals surface area (Å²) in [5, 5.41) is 3.14. The summed E-state index contributed by atoms with van der Waals surface area (Å²) in [5.74, 6) is 1.20. The lowest BCUT2D eigenvalue weighted by Gasteiger charge is -2.21. The number of benzene rings is 1. The standard InChI is InChI=1S/C19H23N3O/c1-12(2)13-5-7-14(8-6-13)17(22-19(23)15-9-10-15)16-4-3-11-21-18(16)20/h3-8,11-12,15,17H,9-10H2,1-2H3,(H2,20,21)(H,22,23). The minimum atomic E-state index is -0.252. The zero-order valence-corrected chi connectivity index (χ0v) is 13.6. The van der Waals surface area contributed by atoms with Crippen LogP contribution in [-0.2, 0) is 4.79 Å². The maximum absolute atomic E-state index is 12.3. The molecule has 120 valence electrons. The lowest BCUT2D eigenvalue weighted by Crippen LogP contribution is -2.31. The smallest absolute Gasteiger partial charge is 0.223 e. The van der Waals surface area contributed by atoms with E-state index in [1.54, 1.807) is 6.20 Å². The molecule has 1 aliphatic rings. The minimum absolute atomic E-state index is 0.103. The molecule has 4 nitrogen and oxygen atoms in total. The van der Waals surface area contributed by atoms with Crippen LogP contribution in [0.5, 0.6) is 0 Å². The van der Waals surface area contributed by atoms with E-state index in [1.165, 1.54) is 5.56 Å². The Morgan fingerprint density at radius 2 is 1.83 bits per heavy atom. The van der Waals surface area contributed by atoms with Crippen LogP contribution in [0.4, 0.5) is 5.82 Å². The second kappa shape index (κ2) is 6.41. The summed E-state index contributed by atoms with van der Waals surface area (Å²) >= 11 is 0. The third-order valence-electron chi connectivity index (χ3n) is 4.35. The van der Waals surface area contributed by atoms with Crippen molar-refractivity contribution in [3.63, 3.8) is 0 Å². The number of anilines is 1. The van der Waals surface area contributed by atoms with E-state index < -0.39 is 0 Å². The van der Waals surface area contributed by atoms with Crippen LogP contribution < -0.4 is 11.1 Å². The Hall–Kier alpha value is -2.36. The first kappa shape index (κ1) is 15.5. The second-order valence-corrected chi connectivity index (χ2v) is 6.52. The van der Waals surface area contributed by atoms with Gasteiger partial charge in [0.2, 0.25) is 5.91 Å². The fourth-order valence-corrected chi connectivity index (χ4v) is 2.69. The minimum Gasteiger partial charge on any atom is -0.383 e. The quantitative estimate of drug-likeness (QED) is 0.889. The Balaban J connectivity index is 1.93. The molecule has 1 aromatic heterocycles. The van der Waals surface area contributed by atoms with Crippen LogP contribution >= 0.6 is 0 Å². The number of nitrogens with two attached hydrogens (primary N) is 1. The molecule has 4 heteroatoms. The highest BCUT2D eigenvalue weighted by molar-refractivity contribution is 5.82. The summed E-state index contributed by atoms with van der Waals surface area (Å²) in [5.41, 5.74) is 9.20. The highest BCUT2D eigenvalue weighted by Gasteiger charge is 2.32. The molecule has 3 rings (SSSR count). The molecular weight excluding hydrogens is 286 g/mol. The van der Waals surface area contributed by atoms with Gasteiger partial charge in [0.25, 0.3) is 0 Å². The molecule has 3 N–H and O–H groups in total. The van der Waals surface area contributed by atoms with Crippen LogP contribution in [0, 0.1) is 5.92 Å². The van der Waals surface area contributed by atoms with E-state index in [4.69, 9.17) is 5.73 Å². The van der Waals surface area contributed by atoms with Gasteiger partial charge in [-0.2, -0.15) is 0 Å². The monoisotopic (exact) mass is 309 g/mol. The van der Waals surface area contributed by atoms with E-state index in [2.05, 4.69) is 48.4 Å². The van der Waals surface area contributed by atoms with Gasteiger partial charge in [0, 0.05) is 17.7 Å². The number of carbonyl (C=O) groups is 1. The molecule has 1 aliphatic carbocycles. The summed E-state index contributed by atoms with van der Waals surface area (Å²) in [6, 6.07) is 11.9. The van der Waals surface area contributed by atoms with Crippen molar-refractivity contribution in [1.82, 2.24) is 10.3 Å². The number of nitrogens with one attached hydrogen (secondary N) is 1. The summed E-state index contributed by atoms with van der Waals surface area (Å²) in [4.78, 5) is 16.4. The van der Waals surface area contributed by atoms with Crippen LogP contribution in [0.2, 0.25) is 0 Å². The van der Waals surface area contributed by atoms with Gasteiger partial charge in [-0.15, -0.1) is 0 Å². The normalized spacial score (nSPS) is 15.4. The number of rotatable bonds is 5. The number of amides is 1. The number of pyridine rings is 1. The molecule has 2 aromatic rings. The molecule has 1 aromatic carbocycles. The average Bonchev–Trinajstić information content (AvgIpc) is 3.38. The predicted octanol–water partition coefficient (Wildman–Crippen LogP) is 3.40. The van der Waals surface area contributed by atoms with Gasteiger partial charge in [-0.25, -0.2) is 4.98 Å². The molecule has 0 aliphatic heterocycles. The number of nitrogens with zero attached hydrogens (tertiary/aromatic N) is 1. The Bertz CT molecular complexity index is 690. The molecular formula is C19H23N3O. The Morgan fingerprint density at radius 1 is 1.17 bits per heavy atom. The third kappa shape index (κ3) is 3.52. The predicted molar refractivity (Wildman–Crippen MR) is 91.9 cm³/mol. The SMILES string of the molecule is CC(C)c1ccc(C(NC(=O)C2CC2)c2cccnc2N)cc1. The number of nitrogen functional groups attached to an aromatic ring is 1. The molecule has 0 radical (unpaired) electrons. The largest absolute Gasteiger partial charge is 0.383 e. The Labute approximate surface area is 137 Å². The van der Waals surface area contributed by atoms with Gasteiger partial charge in [-0.3, -0.25) is 4.79 Å². The molecule has 1 saturated carbocycles. The number of carbonyl (C=O) groups excluding carboxylic acids is 1. The van der Waals surface area contributed by atoms with Gasteiger partial charge < -0.3 is 11.1 Å². The number of aromatic nitrogens is 1. The highest BCUT2D eigenvalue weighted by Crippen LogP contribution is 2.32. The van der Waals surface area contributed by atoms with E-state index in [-0.39, 0.29) is 17.9 Å². The van der Waals surface area contributed by atoms with Gasteiger partial charge in [-0.05, 0) is 36.0 Å². The van der Waals surface area contributed by atoms with E-state index in [0.717, 1.165) is 24.0 Å². The third-order valence-corrected chi connectivity index (χ3v) is 4.35. The fraction of sp³-hybridized carbons (Fsp3) is 0.368. The van der Waals surface area contributed by atoms with Gasteiger partial charge in [0.05, 0.1) is 6.04 Å². The molecule has 0 bridgehead atoms. The molecule has 1 unspecified atom stereocenters. The molecule has 0 spiro atoms. The molecule has 23 heavy (non-hydrogen) atoms. The van der Waals surface area contributed by atoms with Crippen molar-refractivity contribution in [2.75, 3.05) is 5.73 Å². The van der Waals surface area contributed by atoms with E-state index >= 15 is 0 Å². The maximum Gasteiger partial charge on any atom is 0.223 e. The fourth-order valence-electron chi connectivity index (χ4n) is 2.69. The first-order chi connectivity index (χ1) is 11.1. The van der Waals surface area contributed by atoms with Crippen LogP contribution in [-0.4, -0.2) is 10.9 Å². The van der Waals surface area contributed by atoms with Crippen molar-refractivity contribution in [3.8, 4) is 0 Å². The zero-order valence-electron chi connectivity index (χ0n) is 13.6. The molecule has 0 saturated heterocycles. The van der Waals surface area contributed by atoms with Crippen molar-refractivity contribution in [2.24, 2.45) is 5.92 Å². The zero-order chi connectivity index (χ0) is 16.4. The van der Waals surface area contributed by atoms with Crippen molar-refractivity contribution < 1.29 is 4.79 Å². The van der Waals surface area contributed by atoms with E-state index in [0.29, 0.717) is 11.7 Å². The van der Waals surface area contributed by atoms with Crippen molar-refractivity contribution in [1.29, 1.82) is 0 Å². The maximum atomic E-state index is 12.3. The van der Waals surface area contributed by atoms with Crippen LogP contribution in [0.3, 0.4) is 0 Å². The van der Waals surface area contributed by atoms with Crippen molar-refractivity contribution in [2.45, 2.75) is 38.6 Å². The molecule has 1 amide bonds. The molecule has 1 heterocycles. The topological polar surface area (TPSA) is 68.0 Å². The average molecular weight is 309 g/mol. The summed E-state index contributed by atoms with van der Waals surface area (Å²) in [6.45, 7) is 4.33. The van der Waals surface area contributed by atoms with Crippen LogP contribution in [0.15, 0.2) is 42.6 Å². The lowest BCUT2D eigenvalue weighted by molar-refractivity contribution is -0.122. The Morgan fingerprint density at radius 3 is 2.39 bits per heavy atom. The second-order valence-electron chi connectivity index (χ2n) is 6.52. The summed E-state index contributed by atoms with van der Waals surface area (Å²) in [6.07, 6.45) is 3.63. The van der Waals surface area contributed by atoms with Gasteiger partial charge in [0.15, 0.2) is 0 Å². The van der Waals surface area contributed by atoms with E-state index in [1.807, 2.05) is 12.1 Å². The van der Waals surface area contributed by atoms with Gasteiger partial charge >= 0.3 is 0 Å². The number of hydrogen-bond donors (Lipinski definition) is 2. The summed E-state index contributed by atoms with van der Waals surface area (Å²) in [7, 11) is 0. The van der Waals surface area contributed by atoms with Gasteiger partial charge in [0.1, 0.15) is 5.82 Å².